The molecule has 0 aliphatic rings. The summed E-state index contributed by atoms with van der Waals surface area (Å²) in [6.07, 6.45) is 9.34. The van der Waals surface area contributed by atoms with Gasteiger partial charge in [-0.25, -0.2) is 0 Å². The van der Waals surface area contributed by atoms with Crippen LogP contribution in [0.25, 0.3) is 0 Å². The van der Waals surface area contributed by atoms with E-state index in [1.807, 2.05) is 13.8 Å². The minimum absolute atomic E-state index is 0.178. The Morgan fingerprint density at radius 1 is 0.610 bits per heavy atom. The molecule has 0 saturated heterocycles. The van der Waals surface area contributed by atoms with Crippen LogP contribution < -0.4 is 20.4 Å². The fourth-order valence-corrected chi connectivity index (χ4v) is 9.46. The molecule has 8 nitrogen and oxygen atoms in total. The summed E-state index contributed by atoms with van der Waals surface area (Å²) in [5.74, 6) is -3.43. The number of carboxylic acid groups (broad SMARTS) is 4. The van der Waals surface area contributed by atoms with Gasteiger partial charge in [-0.3, -0.25) is 0 Å². The Morgan fingerprint density at radius 2 is 0.927 bits per heavy atom. The summed E-state index contributed by atoms with van der Waals surface area (Å²) < 4.78 is 3.22. The molecular weight excluding hydrogens is 631 g/mol. The number of carbonyl (C=O) groups excluding carboxylic acids is 4. The Kier molecular flexibility index (Phi) is 30.1. The average Bonchev–Trinajstić information content (AvgIpc) is 2.87. The first-order chi connectivity index (χ1) is 19.1. The third-order valence-electron chi connectivity index (χ3n) is 6.78. The third-order valence-corrected chi connectivity index (χ3v) is 15.7. The topological polar surface area (TPSA) is 161 Å². The fourth-order valence-electron chi connectivity index (χ4n) is 4.13. The molecule has 2 unspecified atom stereocenters. The van der Waals surface area contributed by atoms with Crippen molar-refractivity contribution in [2.45, 2.75) is 128 Å². The number of hydrogen-bond acceptors (Lipinski definition) is 8. The van der Waals surface area contributed by atoms with Gasteiger partial charge in [-0.15, -0.1) is 0 Å². The molecule has 4 radical (unpaired) electrons. The maximum atomic E-state index is 10.7. The summed E-state index contributed by atoms with van der Waals surface area (Å²) >= 11 is -0.245. The number of carboxylic acids is 4. The van der Waals surface area contributed by atoms with Crippen LogP contribution >= 0.6 is 0 Å². The molecule has 236 valence electrons. The van der Waals surface area contributed by atoms with Crippen molar-refractivity contribution < 1.29 is 39.6 Å². The van der Waals surface area contributed by atoms with Crippen molar-refractivity contribution in [3.63, 3.8) is 0 Å². The standard InChI is InChI=1S/2C12H20O4.2C4H9.Sn.2H/c2*1-3-5-6-9(4-2)7-10(12(15)16)8-11(13)14;2*1-4(2)3;;;/h2*8-9H,3-7H2,1-2H3,(H,13,14)(H,15,16);2*4H,1H2,2-3H3;;;/q;;;;+4;;/p-4/b2*10-8-;;;;;. The van der Waals surface area contributed by atoms with Crippen LogP contribution in [-0.4, -0.2) is 45.0 Å². The van der Waals surface area contributed by atoms with Crippen molar-refractivity contribution in [1.29, 1.82) is 0 Å². The molecule has 0 aliphatic carbocycles. The number of hydrogen-bond donors (Lipinski definition) is 0. The van der Waals surface area contributed by atoms with Gasteiger partial charge in [0.25, 0.3) is 0 Å². The predicted molar refractivity (Wildman–Crippen MR) is 160 cm³/mol. The molecule has 0 bridgehead atoms. The Labute approximate surface area is 259 Å². The molecular formula is C32H56O8Sn. The van der Waals surface area contributed by atoms with E-state index in [1.165, 1.54) is 0 Å². The van der Waals surface area contributed by atoms with Crippen molar-refractivity contribution in [2.75, 3.05) is 0 Å². The Bertz CT molecular complexity index is 723. The second-order valence-electron chi connectivity index (χ2n) is 11.5. The van der Waals surface area contributed by atoms with Crippen LogP contribution in [0.2, 0.25) is 8.87 Å². The van der Waals surface area contributed by atoms with Gasteiger partial charge in [0.15, 0.2) is 0 Å². The largest absolute Gasteiger partial charge is 0.545 e. The third kappa shape index (κ3) is 30.9. The molecule has 0 spiro atoms. The zero-order valence-electron chi connectivity index (χ0n) is 26.9. The van der Waals surface area contributed by atoms with Crippen LogP contribution in [0, 0.1) is 23.7 Å². The van der Waals surface area contributed by atoms with Crippen LogP contribution in [0.4, 0.5) is 0 Å². The van der Waals surface area contributed by atoms with E-state index < -0.39 is 23.9 Å². The Morgan fingerprint density at radius 3 is 1.12 bits per heavy atom. The monoisotopic (exact) mass is 688 g/mol. The normalized spacial score (nSPS) is 13.0. The summed E-state index contributed by atoms with van der Waals surface area (Å²) in [6.45, 7) is 17.4. The van der Waals surface area contributed by atoms with E-state index in [9.17, 15) is 39.6 Å². The first-order valence-electron chi connectivity index (χ1n) is 15.4. The van der Waals surface area contributed by atoms with E-state index in [4.69, 9.17) is 0 Å². The number of carbonyl (C=O) groups is 4. The van der Waals surface area contributed by atoms with E-state index in [1.54, 1.807) is 8.87 Å². The van der Waals surface area contributed by atoms with E-state index in [0.717, 1.165) is 63.2 Å². The summed E-state index contributed by atoms with van der Waals surface area (Å²) in [6, 6.07) is 0. The Balaban J connectivity index is -0.000000551. The summed E-state index contributed by atoms with van der Waals surface area (Å²) in [4.78, 5) is 42.0. The quantitative estimate of drug-likeness (QED) is 0.139. The first kappa shape index (κ1) is 43.6. The second kappa shape index (κ2) is 28.3. The van der Waals surface area contributed by atoms with Crippen LogP contribution in [0.5, 0.6) is 0 Å². The molecule has 0 aromatic rings. The molecule has 0 saturated carbocycles. The van der Waals surface area contributed by atoms with Crippen molar-refractivity contribution in [3.8, 4) is 0 Å². The minimum Gasteiger partial charge on any atom is -0.545 e. The van der Waals surface area contributed by atoms with Gasteiger partial charge in [-0.05, 0) is 48.0 Å². The van der Waals surface area contributed by atoms with Crippen molar-refractivity contribution >= 4 is 45.0 Å². The molecule has 0 N–H and O–H groups in total. The summed E-state index contributed by atoms with van der Waals surface area (Å²) in [5.41, 5.74) is -0.356. The van der Waals surface area contributed by atoms with Gasteiger partial charge in [0.1, 0.15) is 0 Å². The fraction of sp³-hybridized carbons (Fsp3) is 0.750. The zero-order valence-corrected chi connectivity index (χ0v) is 31.0. The van der Waals surface area contributed by atoms with Crippen molar-refractivity contribution in [1.82, 2.24) is 0 Å². The summed E-state index contributed by atoms with van der Waals surface area (Å²) in [5, 5.41) is 42.0. The van der Waals surface area contributed by atoms with E-state index in [0.29, 0.717) is 12.2 Å². The van der Waals surface area contributed by atoms with Crippen LogP contribution in [-0.2, 0) is 19.2 Å². The van der Waals surface area contributed by atoms with E-state index in [2.05, 4.69) is 41.5 Å². The Hall–Kier alpha value is -1.84. The summed E-state index contributed by atoms with van der Waals surface area (Å²) in [7, 11) is 0. The predicted octanol–water partition coefficient (Wildman–Crippen LogP) is 2.34. The molecule has 9 heteroatoms. The number of unbranched alkanes of at least 4 members (excludes halogenated alkanes) is 2. The average molecular weight is 688 g/mol. The maximum Gasteiger partial charge on any atom is 0.0675 e. The van der Waals surface area contributed by atoms with Gasteiger partial charge < -0.3 is 39.6 Å². The van der Waals surface area contributed by atoms with E-state index in [-0.39, 0.29) is 57.0 Å². The zero-order chi connectivity index (χ0) is 32.4. The molecule has 0 aliphatic heterocycles. The molecule has 0 aromatic heterocycles. The van der Waals surface area contributed by atoms with Crippen molar-refractivity contribution in [2.24, 2.45) is 23.7 Å². The van der Waals surface area contributed by atoms with Crippen LogP contribution in [0.1, 0.15) is 120 Å². The molecule has 0 fully saturated rings. The van der Waals surface area contributed by atoms with Crippen LogP contribution in [0.15, 0.2) is 23.3 Å². The molecule has 0 amide bonds. The van der Waals surface area contributed by atoms with Gasteiger partial charge in [-0.1, -0.05) is 79.1 Å². The molecule has 0 heterocycles. The van der Waals surface area contributed by atoms with Gasteiger partial charge in [-0.2, -0.15) is 0 Å². The molecule has 0 rings (SSSR count). The smallest absolute Gasteiger partial charge is 0.0675 e. The number of aliphatic carboxylic acids is 4. The molecule has 0 aromatic carbocycles. The van der Waals surface area contributed by atoms with Crippen molar-refractivity contribution in [3.05, 3.63) is 23.3 Å². The van der Waals surface area contributed by atoms with Gasteiger partial charge in [0, 0.05) is 0 Å². The van der Waals surface area contributed by atoms with Gasteiger partial charge in [0.05, 0.1) is 23.9 Å². The SMILES string of the molecule is CC(C)[CH2][SnH2+4][CH2]C(C)C.CCCCC(CC)C/C(=C/C(=O)[O-])C(=O)[O-].CCCCC(CC)C/C(=C/C(=O)[O-])C(=O)[O-]. The van der Waals surface area contributed by atoms with E-state index >= 15 is 0 Å². The molecule has 41 heavy (non-hydrogen) atoms. The van der Waals surface area contributed by atoms with Gasteiger partial charge in [0.2, 0.25) is 0 Å². The van der Waals surface area contributed by atoms with Crippen LogP contribution in [0.3, 0.4) is 0 Å². The minimum atomic E-state index is -1.48. The second-order valence-corrected chi connectivity index (χ2v) is 16.8. The van der Waals surface area contributed by atoms with Gasteiger partial charge >= 0.3 is 69.5 Å². The number of rotatable bonds is 20. The molecule has 2 atom stereocenters. The maximum absolute atomic E-state index is 10.7. The first-order valence-corrected chi connectivity index (χ1v) is 21.1.